The smallest absolute Gasteiger partial charge is 0.254 e. The Morgan fingerprint density at radius 3 is 2.42 bits per heavy atom. The summed E-state index contributed by atoms with van der Waals surface area (Å²) in [6.07, 6.45) is 0. The first kappa shape index (κ1) is 13.1. The van der Waals surface area contributed by atoms with Gasteiger partial charge in [-0.1, -0.05) is 0 Å². The number of primary amides is 1. The number of nitrogens with one attached hydrogen (secondary N) is 1. The minimum Gasteiger partial charge on any atom is -0.366 e. The van der Waals surface area contributed by atoms with Crippen molar-refractivity contribution in [2.45, 2.75) is 13.0 Å². The number of nitrogens with zero attached hydrogens (tertiary/aromatic N) is 1. The lowest BCUT2D eigenvalue weighted by atomic mass is 10.1. The number of hydrogen-bond acceptors (Lipinski definition) is 3. The molecule has 6 heteroatoms. The number of hydrogen-bond donors (Lipinski definition) is 2. The van der Waals surface area contributed by atoms with E-state index in [0.717, 1.165) is 0 Å². The van der Waals surface area contributed by atoms with Gasteiger partial charge >= 0.3 is 0 Å². The summed E-state index contributed by atoms with van der Waals surface area (Å²) in [6.45, 7) is 2.61. The molecule has 1 heterocycles. The number of carbonyl (C=O) groups excluding carboxylic acids is 3. The molecule has 0 radical (unpaired) electrons. The van der Waals surface area contributed by atoms with E-state index in [1.807, 2.05) is 0 Å². The van der Waals surface area contributed by atoms with E-state index < -0.39 is 11.9 Å². The van der Waals surface area contributed by atoms with Gasteiger partial charge in [0.15, 0.2) is 0 Å². The molecule has 3 N–H and O–H groups in total. The van der Waals surface area contributed by atoms with Crippen LogP contribution in [0.1, 0.15) is 27.6 Å². The van der Waals surface area contributed by atoms with Gasteiger partial charge in [-0.25, -0.2) is 0 Å². The van der Waals surface area contributed by atoms with E-state index in [4.69, 9.17) is 5.73 Å². The second-order valence-corrected chi connectivity index (χ2v) is 4.41. The van der Waals surface area contributed by atoms with Crippen molar-refractivity contribution in [2.24, 2.45) is 5.73 Å². The number of nitrogens with two attached hydrogens (primary N) is 1. The minimum atomic E-state index is -0.537. The van der Waals surface area contributed by atoms with Gasteiger partial charge in [-0.05, 0) is 31.2 Å². The van der Waals surface area contributed by atoms with Gasteiger partial charge in [-0.15, -0.1) is 0 Å². The molecule has 3 amide bonds. The monoisotopic (exact) mass is 261 g/mol. The number of carbonyl (C=O) groups is 3. The van der Waals surface area contributed by atoms with Crippen LogP contribution >= 0.6 is 0 Å². The summed E-state index contributed by atoms with van der Waals surface area (Å²) in [5.74, 6) is -0.920. The molecule has 1 aromatic carbocycles. The predicted octanol–water partition coefficient (Wildman–Crippen LogP) is -0.254. The van der Waals surface area contributed by atoms with Crippen LogP contribution in [0.15, 0.2) is 24.3 Å². The van der Waals surface area contributed by atoms with Crippen LogP contribution in [0.2, 0.25) is 0 Å². The standard InChI is InChI=1S/C13H15N3O3/c1-8-12(18)15-6-7-16(8)13(19)10-4-2-9(3-5-10)11(14)17/h2-5,8H,6-7H2,1H3,(H2,14,17)(H,15,18). The molecule has 100 valence electrons. The third-order valence-electron chi connectivity index (χ3n) is 3.18. The number of benzene rings is 1. The third-order valence-corrected chi connectivity index (χ3v) is 3.18. The van der Waals surface area contributed by atoms with Crippen LogP contribution in [0.3, 0.4) is 0 Å². The fraction of sp³-hybridized carbons (Fsp3) is 0.308. The second kappa shape index (κ2) is 5.09. The summed E-state index contributed by atoms with van der Waals surface area (Å²) in [5, 5.41) is 2.70. The molecule has 0 saturated carbocycles. The van der Waals surface area contributed by atoms with Crippen molar-refractivity contribution in [2.75, 3.05) is 13.1 Å². The normalized spacial score (nSPS) is 18.9. The zero-order chi connectivity index (χ0) is 14.0. The summed E-state index contributed by atoms with van der Waals surface area (Å²) < 4.78 is 0. The first-order chi connectivity index (χ1) is 9.00. The molecule has 1 atom stereocenters. The van der Waals surface area contributed by atoms with E-state index in [2.05, 4.69) is 5.32 Å². The summed E-state index contributed by atoms with van der Waals surface area (Å²) in [6, 6.07) is 5.61. The zero-order valence-corrected chi connectivity index (χ0v) is 10.6. The molecule has 1 fully saturated rings. The maximum atomic E-state index is 12.3. The molecule has 0 bridgehead atoms. The van der Waals surface area contributed by atoms with Crippen molar-refractivity contribution in [3.63, 3.8) is 0 Å². The Bertz CT molecular complexity index is 524. The maximum Gasteiger partial charge on any atom is 0.254 e. The summed E-state index contributed by atoms with van der Waals surface area (Å²) in [5.41, 5.74) is 5.92. The van der Waals surface area contributed by atoms with Gasteiger partial charge in [0.1, 0.15) is 6.04 Å². The van der Waals surface area contributed by atoms with Crippen LogP contribution in [0.5, 0.6) is 0 Å². The average Bonchev–Trinajstić information content (AvgIpc) is 2.41. The van der Waals surface area contributed by atoms with Crippen molar-refractivity contribution < 1.29 is 14.4 Å². The Labute approximate surface area is 110 Å². The van der Waals surface area contributed by atoms with E-state index in [1.165, 1.54) is 17.0 Å². The maximum absolute atomic E-state index is 12.3. The van der Waals surface area contributed by atoms with Gasteiger partial charge in [0, 0.05) is 24.2 Å². The Kier molecular flexibility index (Phi) is 3.50. The molecule has 1 unspecified atom stereocenters. The highest BCUT2D eigenvalue weighted by atomic mass is 16.2. The fourth-order valence-corrected chi connectivity index (χ4v) is 2.00. The molecule has 0 aliphatic carbocycles. The van der Waals surface area contributed by atoms with E-state index in [-0.39, 0.29) is 11.8 Å². The second-order valence-electron chi connectivity index (χ2n) is 4.41. The van der Waals surface area contributed by atoms with Crippen LogP contribution in [0, 0.1) is 0 Å². The van der Waals surface area contributed by atoms with E-state index in [9.17, 15) is 14.4 Å². The van der Waals surface area contributed by atoms with E-state index >= 15 is 0 Å². The first-order valence-corrected chi connectivity index (χ1v) is 5.99. The molecule has 19 heavy (non-hydrogen) atoms. The number of rotatable bonds is 2. The highest BCUT2D eigenvalue weighted by Gasteiger charge is 2.29. The van der Waals surface area contributed by atoms with Gasteiger partial charge < -0.3 is 16.0 Å². The van der Waals surface area contributed by atoms with E-state index in [0.29, 0.717) is 24.2 Å². The summed E-state index contributed by atoms with van der Waals surface area (Å²) >= 11 is 0. The van der Waals surface area contributed by atoms with Gasteiger partial charge in [0.2, 0.25) is 11.8 Å². The lowest BCUT2D eigenvalue weighted by Gasteiger charge is -2.32. The number of piperazine rings is 1. The molecule has 1 saturated heterocycles. The largest absolute Gasteiger partial charge is 0.366 e. The average molecular weight is 261 g/mol. The molecule has 0 aromatic heterocycles. The Hall–Kier alpha value is -2.37. The van der Waals surface area contributed by atoms with Crippen molar-refractivity contribution >= 4 is 17.7 Å². The van der Waals surface area contributed by atoms with Crippen LogP contribution < -0.4 is 11.1 Å². The topological polar surface area (TPSA) is 92.5 Å². The van der Waals surface area contributed by atoms with E-state index in [1.54, 1.807) is 19.1 Å². The highest BCUT2D eigenvalue weighted by Crippen LogP contribution is 2.12. The summed E-state index contributed by atoms with van der Waals surface area (Å²) in [7, 11) is 0. The minimum absolute atomic E-state index is 0.159. The van der Waals surface area contributed by atoms with Crippen LogP contribution in [-0.4, -0.2) is 41.8 Å². The van der Waals surface area contributed by atoms with Crippen LogP contribution in [0.4, 0.5) is 0 Å². The molecule has 1 aromatic rings. The van der Waals surface area contributed by atoms with Gasteiger partial charge in [-0.3, -0.25) is 14.4 Å². The van der Waals surface area contributed by atoms with Gasteiger partial charge in [0.25, 0.3) is 5.91 Å². The third kappa shape index (κ3) is 2.57. The van der Waals surface area contributed by atoms with Gasteiger partial charge in [0.05, 0.1) is 0 Å². The Morgan fingerprint density at radius 1 is 1.26 bits per heavy atom. The molecule has 6 nitrogen and oxygen atoms in total. The fourth-order valence-electron chi connectivity index (χ4n) is 2.00. The zero-order valence-electron chi connectivity index (χ0n) is 10.6. The number of amides is 3. The van der Waals surface area contributed by atoms with Gasteiger partial charge in [-0.2, -0.15) is 0 Å². The summed E-state index contributed by atoms with van der Waals surface area (Å²) in [4.78, 5) is 36.2. The van der Waals surface area contributed by atoms with Crippen molar-refractivity contribution in [1.82, 2.24) is 10.2 Å². The van der Waals surface area contributed by atoms with Crippen LogP contribution in [-0.2, 0) is 4.79 Å². The molecule has 1 aliphatic rings. The van der Waals surface area contributed by atoms with Crippen molar-refractivity contribution in [3.8, 4) is 0 Å². The highest BCUT2D eigenvalue weighted by molar-refractivity contribution is 5.99. The molecule has 2 rings (SSSR count). The predicted molar refractivity (Wildman–Crippen MR) is 68.5 cm³/mol. The van der Waals surface area contributed by atoms with Crippen LogP contribution in [0.25, 0.3) is 0 Å². The molecule has 1 aliphatic heterocycles. The SMILES string of the molecule is CC1C(=O)NCCN1C(=O)c1ccc(C(N)=O)cc1. The quantitative estimate of drug-likeness (QED) is 0.768. The van der Waals surface area contributed by atoms with Crippen molar-refractivity contribution in [1.29, 1.82) is 0 Å². The lowest BCUT2D eigenvalue weighted by Crippen LogP contribution is -2.55. The first-order valence-electron chi connectivity index (χ1n) is 5.99. The lowest BCUT2D eigenvalue weighted by molar-refractivity contribution is -0.127. The Morgan fingerprint density at radius 2 is 1.84 bits per heavy atom. The Balaban J connectivity index is 2.19. The molecular formula is C13H15N3O3. The molecular weight excluding hydrogens is 246 g/mol. The van der Waals surface area contributed by atoms with Crippen molar-refractivity contribution in [3.05, 3.63) is 35.4 Å². The molecule has 0 spiro atoms.